The van der Waals surface area contributed by atoms with Crippen molar-refractivity contribution in [2.45, 2.75) is 84.1 Å². The molecule has 0 saturated heterocycles. The van der Waals surface area contributed by atoms with Gasteiger partial charge in [0.2, 0.25) is 5.91 Å². The van der Waals surface area contributed by atoms with Gasteiger partial charge in [-0.2, -0.15) is 0 Å². The van der Waals surface area contributed by atoms with E-state index in [1.54, 1.807) is 18.3 Å². The Bertz CT molecular complexity index is 1060. The largest absolute Gasteiger partial charge is 0.362 e. The lowest BCUT2D eigenvalue weighted by molar-refractivity contribution is -0.129. The van der Waals surface area contributed by atoms with E-state index in [0.29, 0.717) is 35.5 Å². The van der Waals surface area contributed by atoms with Crippen LogP contribution >= 0.6 is 22.9 Å². The van der Waals surface area contributed by atoms with E-state index in [1.165, 1.54) is 69.1 Å². The third kappa shape index (κ3) is 5.67. The minimum atomic E-state index is 0.0432. The van der Waals surface area contributed by atoms with Gasteiger partial charge < -0.3 is 9.80 Å². The van der Waals surface area contributed by atoms with Crippen LogP contribution in [0.5, 0.6) is 0 Å². The molecule has 2 fully saturated rings. The summed E-state index contributed by atoms with van der Waals surface area (Å²) in [6.45, 7) is 5.00. The van der Waals surface area contributed by atoms with Crippen LogP contribution in [0.25, 0.3) is 0 Å². The van der Waals surface area contributed by atoms with Gasteiger partial charge in [-0.25, -0.2) is 0 Å². The Morgan fingerprint density at radius 2 is 1.58 bits per heavy atom. The Morgan fingerprint density at radius 3 is 2.17 bits per heavy atom. The van der Waals surface area contributed by atoms with Gasteiger partial charge in [0.25, 0.3) is 0 Å². The lowest BCUT2D eigenvalue weighted by Crippen LogP contribution is -2.36. The maximum Gasteiger partial charge on any atom is 0.219 e. The molecule has 5 rings (SSSR count). The predicted octanol–water partition coefficient (Wildman–Crippen LogP) is 7.50. The quantitative estimate of drug-likeness (QED) is 0.350. The van der Waals surface area contributed by atoms with Gasteiger partial charge in [-0.1, -0.05) is 62.3 Å². The van der Waals surface area contributed by atoms with E-state index in [2.05, 4.69) is 4.90 Å². The van der Waals surface area contributed by atoms with Gasteiger partial charge in [-0.05, 0) is 61.6 Å². The van der Waals surface area contributed by atoms with E-state index < -0.39 is 0 Å². The van der Waals surface area contributed by atoms with Crippen LogP contribution in [-0.2, 0) is 17.8 Å². The molecule has 2 saturated carbocycles. The lowest BCUT2D eigenvalue weighted by atomic mass is 9.86. The fraction of sp³-hybridized carbons (Fsp3) is 0.600. The number of ketones is 1. The van der Waals surface area contributed by atoms with Crippen molar-refractivity contribution < 1.29 is 9.59 Å². The zero-order valence-electron chi connectivity index (χ0n) is 21.6. The highest BCUT2D eigenvalue weighted by Gasteiger charge is 2.33. The molecule has 2 aromatic rings. The molecule has 0 N–H and O–H groups in total. The second kappa shape index (κ2) is 11.7. The predicted molar refractivity (Wildman–Crippen MR) is 149 cm³/mol. The van der Waals surface area contributed by atoms with Gasteiger partial charge in [0.1, 0.15) is 5.00 Å². The lowest BCUT2D eigenvalue weighted by Gasteiger charge is -2.35. The fourth-order valence-electron chi connectivity index (χ4n) is 6.50. The maximum absolute atomic E-state index is 14.1. The zero-order valence-corrected chi connectivity index (χ0v) is 23.1. The molecule has 2 heterocycles. The molecule has 0 bridgehead atoms. The number of amides is 1. The average molecular weight is 527 g/mol. The van der Waals surface area contributed by atoms with E-state index in [0.717, 1.165) is 35.6 Å². The normalized spacial score (nSPS) is 19.2. The Hall–Kier alpha value is -1.85. The van der Waals surface area contributed by atoms with E-state index >= 15 is 0 Å². The molecule has 0 atom stereocenters. The number of hydrogen-bond donors (Lipinski definition) is 0. The first-order chi connectivity index (χ1) is 17.5. The molecule has 1 aromatic heterocycles. The van der Waals surface area contributed by atoms with Crippen molar-refractivity contribution in [1.82, 2.24) is 4.90 Å². The van der Waals surface area contributed by atoms with Crippen LogP contribution < -0.4 is 4.90 Å². The summed E-state index contributed by atoms with van der Waals surface area (Å²) in [5.41, 5.74) is 2.60. The molecule has 1 aliphatic heterocycles. The van der Waals surface area contributed by atoms with Crippen LogP contribution in [0.15, 0.2) is 24.3 Å². The second-order valence-electron chi connectivity index (χ2n) is 11.1. The molecule has 4 nitrogen and oxygen atoms in total. The number of thiophene rings is 1. The van der Waals surface area contributed by atoms with Crippen molar-refractivity contribution in [3.63, 3.8) is 0 Å². The summed E-state index contributed by atoms with van der Waals surface area (Å²) in [5.74, 6) is 1.54. The van der Waals surface area contributed by atoms with Gasteiger partial charge in [-0.15, -0.1) is 11.3 Å². The van der Waals surface area contributed by atoms with Crippen LogP contribution in [0.4, 0.5) is 5.00 Å². The molecule has 3 aliphatic rings. The van der Waals surface area contributed by atoms with E-state index in [-0.39, 0.29) is 11.7 Å². The number of fused-ring (bicyclic) bond motifs is 1. The highest BCUT2D eigenvalue weighted by atomic mass is 35.5. The molecule has 1 aromatic carbocycles. The van der Waals surface area contributed by atoms with Crippen LogP contribution in [-0.4, -0.2) is 36.2 Å². The Kier molecular flexibility index (Phi) is 8.37. The number of carbonyl (C=O) groups excluding carboxylic acids is 2. The van der Waals surface area contributed by atoms with E-state index in [4.69, 9.17) is 11.6 Å². The first kappa shape index (κ1) is 25.8. The van der Waals surface area contributed by atoms with E-state index in [9.17, 15) is 9.59 Å². The van der Waals surface area contributed by atoms with Crippen molar-refractivity contribution in [3.05, 3.63) is 50.9 Å². The molecular weight excluding hydrogens is 488 g/mol. The monoisotopic (exact) mass is 526 g/mol. The minimum absolute atomic E-state index is 0.0432. The van der Waals surface area contributed by atoms with Gasteiger partial charge in [-0.3, -0.25) is 9.59 Å². The topological polar surface area (TPSA) is 40.6 Å². The first-order valence-corrected chi connectivity index (χ1v) is 15.1. The Morgan fingerprint density at radius 1 is 0.972 bits per heavy atom. The number of anilines is 1. The van der Waals surface area contributed by atoms with Crippen LogP contribution in [0, 0.1) is 11.8 Å². The summed E-state index contributed by atoms with van der Waals surface area (Å²) in [5, 5.41) is 1.65. The standard InChI is InChI=1S/C30H39ClN2O2S/c1-21(34)32-17-16-25-27(20-32)36-30(28(25)29(35)24-14-8-9-15-26(24)31)33(18-22-10-4-2-5-11-22)19-23-12-6-3-7-13-23/h8-9,14-15,22-23H,2-7,10-13,16-20H2,1H3. The van der Waals surface area contributed by atoms with Crippen LogP contribution in [0.2, 0.25) is 5.02 Å². The summed E-state index contributed by atoms with van der Waals surface area (Å²) >= 11 is 8.31. The highest BCUT2D eigenvalue weighted by Crippen LogP contribution is 2.43. The third-order valence-corrected chi connectivity index (χ3v) is 10.1. The third-order valence-electron chi connectivity index (χ3n) is 8.52. The summed E-state index contributed by atoms with van der Waals surface area (Å²) in [6, 6.07) is 7.45. The summed E-state index contributed by atoms with van der Waals surface area (Å²) < 4.78 is 0. The summed E-state index contributed by atoms with van der Waals surface area (Å²) in [7, 11) is 0. The summed E-state index contributed by atoms with van der Waals surface area (Å²) in [4.78, 5) is 32.0. The molecule has 194 valence electrons. The number of carbonyl (C=O) groups is 2. The molecule has 0 unspecified atom stereocenters. The first-order valence-electron chi connectivity index (χ1n) is 14.0. The molecule has 0 radical (unpaired) electrons. The number of hydrogen-bond acceptors (Lipinski definition) is 4. The van der Waals surface area contributed by atoms with Crippen molar-refractivity contribution >= 4 is 39.6 Å². The SMILES string of the molecule is CC(=O)N1CCc2c(sc(N(CC3CCCCC3)CC3CCCCC3)c2C(=O)c2ccccc2Cl)C1. The van der Waals surface area contributed by atoms with Gasteiger partial charge >= 0.3 is 0 Å². The molecule has 2 aliphatic carbocycles. The fourth-order valence-corrected chi connectivity index (χ4v) is 8.10. The number of benzene rings is 1. The van der Waals surface area contributed by atoms with Crippen LogP contribution in [0.3, 0.4) is 0 Å². The molecule has 36 heavy (non-hydrogen) atoms. The van der Waals surface area contributed by atoms with Crippen LogP contribution in [0.1, 0.15) is 97.5 Å². The Labute approximate surface area is 225 Å². The van der Waals surface area contributed by atoms with Gasteiger partial charge in [0, 0.05) is 37.0 Å². The molecule has 0 spiro atoms. The van der Waals surface area contributed by atoms with Crippen molar-refractivity contribution in [2.24, 2.45) is 11.8 Å². The van der Waals surface area contributed by atoms with Crippen molar-refractivity contribution in [2.75, 3.05) is 24.5 Å². The minimum Gasteiger partial charge on any atom is -0.362 e. The molecular formula is C30H39ClN2O2S. The number of rotatable bonds is 7. The van der Waals surface area contributed by atoms with Crippen molar-refractivity contribution in [3.8, 4) is 0 Å². The number of halogens is 1. The van der Waals surface area contributed by atoms with E-state index in [1.807, 2.05) is 29.2 Å². The van der Waals surface area contributed by atoms with Gasteiger partial charge in [0.05, 0.1) is 17.1 Å². The summed E-state index contributed by atoms with van der Waals surface area (Å²) in [6.07, 6.45) is 13.9. The Balaban J connectivity index is 1.56. The second-order valence-corrected chi connectivity index (χ2v) is 12.6. The smallest absolute Gasteiger partial charge is 0.219 e. The zero-order chi connectivity index (χ0) is 25.1. The van der Waals surface area contributed by atoms with Crippen molar-refractivity contribution in [1.29, 1.82) is 0 Å². The molecule has 6 heteroatoms. The average Bonchev–Trinajstić information content (AvgIpc) is 3.28. The molecule has 1 amide bonds. The van der Waals surface area contributed by atoms with Gasteiger partial charge in [0.15, 0.2) is 5.78 Å². The maximum atomic E-state index is 14.1. The highest BCUT2D eigenvalue weighted by molar-refractivity contribution is 7.16. The number of nitrogens with zero attached hydrogens (tertiary/aromatic N) is 2.